The number of benzene rings is 1. The first-order chi connectivity index (χ1) is 9.97. The monoisotopic (exact) mass is 318 g/mol. The van der Waals surface area contributed by atoms with Gasteiger partial charge in [-0.05, 0) is 32.0 Å². The number of hydrogen-bond donors (Lipinski definition) is 1. The van der Waals surface area contributed by atoms with Crippen LogP contribution in [0.5, 0.6) is 0 Å². The highest BCUT2D eigenvalue weighted by Gasteiger charge is 2.17. The Balaban J connectivity index is 2.36. The molecule has 3 rings (SSSR count). The van der Waals surface area contributed by atoms with Crippen LogP contribution in [0.3, 0.4) is 0 Å². The Morgan fingerprint density at radius 1 is 1.29 bits per heavy atom. The zero-order valence-corrected chi connectivity index (χ0v) is 12.9. The summed E-state index contributed by atoms with van der Waals surface area (Å²) in [7, 11) is 0. The number of nitrogens with zero attached hydrogens (tertiary/aromatic N) is 2. The van der Waals surface area contributed by atoms with E-state index in [9.17, 15) is 9.90 Å². The summed E-state index contributed by atoms with van der Waals surface area (Å²) in [4.78, 5) is 21.3. The molecule has 0 amide bonds. The molecule has 0 aliphatic heterocycles. The number of pyridine rings is 1. The van der Waals surface area contributed by atoms with Crippen molar-refractivity contribution in [3.05, 3.63) is 45.6 Å². The fourth-order valence-electron chi connectivity index (χ4n) is 2.30. The summed E-state index contributed by atoms with van der Waals surface area (Å²) >= 11 is 7.63. The molecule has 1 aromatic carbocycles. The van der Waals surface area contributed by atoms with Crippen molar-refractivity contribution in [2.75, 3.05) is 0 Å². The molecule has 0 spiro atoms. The van der Waals surface area contributed by atoms with E-state index in [1.165, 1.54) is 11.3 Å². The molecule has 0 saturated heterocycles. The summed E-state index contributed by atoms with van der Waals surface area (Å²) < 4.78 is 0. The lowest BCUT2D eigenvalue weighted by Gasteiger charge is -2.07. The maximum absolute atomic E-state index is 11.5. The molecule has 6 heteroatoms. The highest BCUT2D eigenvalue weighted by molar-refractivity contribution is 7.15. The first-order valence-electron chi connectivity index (χ1n) is 6.24. The first kappa shape index (κ1) is 14.0. The van der Waals surface area contributed by atoms with Crippen LogP contribution in [-0.2, 0) is 0 Å². The molecule has 0 atom stereocenters. The maximum atomic E-state index is 11.5. The Morgan fingerprint density at radius 2 is 2.05 bits per heavy atom. The van der Waals surface area contributed by atoms with Crippen molar-refractivity contribution in [1.82, 2.24) is 9.97 Å². The summed E-state index contributed by atoms with van der Waals surface area (Å²) in [5, 5.41) is 11.2. The van der Waals surface area contributed by atoms with Gasteiger partial charge in [-0.1, -0.05) is 17.7 Å². The number of halogens is 1. The van der Waals surface area contributed by atoms with E-state index in [0.717, 1.165) is 15.6 Å². The van der Waals surface area contributed by atoms with Crippen molar-refractivity contribution in [1.29, 1.82) is 0 Å². The van der Waals surface area contributed by atoms with Gasteiger partial charge in [-0.2, -0.15) is 0 Å². The van der Waals surface area contributed by atoms with Crippen molar-refractivity contribution in [2.24, 2.45) is 0 Å². The van der Waals surface area contributed by atoms with Crippen LogP contribution in [0.15, 0.2) is 24.3 Å². The van der Waals surface area contributed by atoms with Gasteiger partial charge in [0.1, 0.15) is 0 Å². The molecule has 0 aliphatic rings. The lowest BCUT2D eigenvalue weighted by Crippen LogP contribution is -2.00. The minimum Gasteiger partial charge on any atom is -0.478 e. The molecule has 0 aliphatic carbocycles. The number of hydrogen-bond acceptors (Lipinski definition) is 4. The third kappa shape index (κ3) is 2.39. The number of carbonyl (C=O) groups is 1. The van der Waals surface area contributed by atoms with Crippen molar-refractivity contribution < 1.29 is 9.90 Å². The van der Waals surface area contributed by atoms with Crippen molar-refractivity contribution >= 4 is 39.8 Å². The summed E-state index contributed by atoms with van der Waals surface area (Å²) in [6.07, 6.45) is 0. The van der Waals surface area contributed by atoms with Gasteiger partial charge in [0.15, 0.2) is 0 Å². The van der Waals surface area contributed by atoms with E-state index in [0.29, 0.717) is 21.6 Å². The fraction of sp³-hybridized carbons (Fsp3) is 0.133. The summed E-state index contributed by atoms with van der Waals surface area (Å²) in [5.41, 5.74) is 2.20. The lowest BCUT2D eigenvalue weighted by molar-refractivity contribution is 0.0699. The van der Waals surface area contributed by atoms with Gasteiger partial charge >= 0.3 is 5.97 Å². The summed E-state index contributed by atoms with van der Waals surface area (Å²) in [5.74, 6) is -1.02. The molecular weight excluding hydrogens is 308 g/mol. The Hall–Kier alpha value is -1.98. The van der Waals surface area contributed by atoms with E-state index in [-0.39, 0.29) is 5.56 Å². The average Bonchev–Trinajstić information content (AvgIpc) is 2.76. The fourth-order valence-corrected chi connectivity index (χ4v) is 3.45. The number of aryl methyl sites for hydroxylation is 2. The molecule has 0 unspecified atom stereocenters. The van der Waals surface area contributed by atoms with E-state index in [2.05, 4.69) is 9.97 Å². The van der Waals surface area contributed by atoms with E-state index in [1.54, 1.807) is 24.3 Å². The molecule has 1 N–H and O–H groups in total. The van der Waals surface area contributed by atoms with Gasteiger partial charge in [0.05, 0.1) is 37.4 Å². The van der Waals surface area contributed by atoms with Crippen LogP contribution in [0.25, 0.3) is 21.5 Å². The van der Waals surface area contributed by atoms with Crippen LogP contribution >= 0.6 is 22.9 Å². The van der Waals surface area contributed by atoms with E-state index >= 15 is 0 Å². The minimum atomic E-state index is -1.02. The molecule has 106 valence electrons. The van der Waals surface area contributed by atoms with Gasteiger partial charge in [-0.25, -0.2) is 14.8 Å². The zero-order valence-electron chi connectivity index (χ0n) is 11.3. The molecule has 21 heavy (non-hydrogen) atoms. The number of thiazole rings is 1. The highest BCUT2D eigenvalue weighted by atomic mass is 35.5. The van der Waals surface area contributed by atoms with Crippen LogP contribution in [-0.4, -0.2) is 21.0 Å². The number of aromatic nitrogens is 2. The highest BCUT2D eigenvalue weighted by Crippen LogP contribution is 2.33. The molecule has 2 heterocycles. The smallest absolute Gasteiger partial charge is 0.336 e. The van der Waals surface area contributed by atoms with Gasteiger partial charge in [-0.3, -0.25) is 0 Å². The van der Waals surface area contributed by atoms with Crippen molar-refractivity contribution in [3.63, 3.8) is 0 Å². The molecule has 2 aromatic heterocycles. The lowest BCUT2D eigenvalue weighted by atomic mass is 10.1. The van der Waals surface area contributed by atoms with Crippen LogP contribution in [0.2, 0.25) is 5.02 Å². The van der Waals surface area contributed by atoms with Crippen LogP contribution in [0, 0.1) is 13.8 Å². The predicted octanol–water partition coefficient (Wildman–Crippen LogP) is 4.33. The topological polar surface area (TPSA) is 63.1 Å². The second kappa shape index (κ2) is 5.09. The summed E-state index contributed by atoms with van der Waals surface area (Å²) in [6.45, 7) is 3.81. The third-order valence-electron chi connectivity index (χ3n) is 3.15. The minimum absolute atomic E-state index is 0.158. The number of carboxylic acid groups (broad SMARTS) is 1. The number of rotatable bonds is 2. The molecule has 0 saturated carbocycles. The average molecular weight is 319 g/mol. The Kier molecular flexibility index (Phi) is 3.39. The molecule has 0 fully saturated rings. The standard InChI is InChI=1S/C15H11ClN2O2S/c1-7-14(21-8(2)17-7)12-6-9(15(19)20)13-10(16)4-3-5-11(13)18-12/h3-6H,1-2H3,(H,19,20). The van der Waals surface area contributed by atoms with Crippen molar-refractivity contribution in [3.8, 4) is 10.6 Å². The largest absolute Gasteiger partial charge is 0.478 e. The molecule has 0 radical (unpaired) electrons. The van der Waals surface area contributed by atoms with Crippen LogP contribution in [0.4, 0.5) is 0 Å². The normalized spacial score (nSPS) is 11.0. The maximum Gasteiger partial charge on any atom is 0.336 e. The quantitative estimate of drug-likeness (QED) is 0.764. The molecule has 4 nitrogen and oxygen atoms in total. The molecule has 3 aromatic rings. The van der Waals surface area contributed by atoms with Gasteiger partial charge in [0, 0.05) is 5.39 Å². The third-order valence-corrected chi connectivity index (χ3v) is 4.56. The van der Waals surface area contributed by atoms with E-state index in [4.69, 9.17) is 11.6 Å². The molecule has 0 bridgehead atoms. The predicted molar refractivity (Wildman–Crippen MR) is 84.3 cm³/mol. The Labute approximate surface area is 130 Å². The molecular formula is C15H11ClN2O2S. The Bertz CT molecular complexity index is 873. The first-order valence-corrected chi connectivity index (χ1v) is 7.44. The van der Waals surface area contributed by atoms with E-state index in [1.807, 2.05) is 13.8 Å². The van der Waals surface area contributed by atoms with Gasteiger partial charge in [-0.15, -0.1) is 11.3 Å². The number of aromatic carboxylic acids is 1. The number of carboxylic acids is 1. The van der Waals surface area contributed by atoms with E-state index < -0.39 is 5.97 Å². The van der Waals surface area contributed by atoms with Crippen LogP contribution < -0.4 is 0 Å². The van der Waals surface area contributed by atoms with Crippen molar-refractivity contribution in [2.45, 2.75) is 13.8 Å². The van der Waals surface area contributed by atoms with Gasteiger partial charge in [0.25, 0.3) is 0 Å². The van der Waals surface area contributed by atoms with Crippen LogP contribution in [0.1, 0.15) is 21.1 Å². The Morgan fingerprint density at radius 3 is 2.67 bits per heavy atom. The van der Waals surface area contributed by atoms with Gasteiger partial charge in [0.2, 0.25) is 0 Å². The zero-order chi connectivity index (χ0) is 15.1. The second-order valence-electron chi connectivity index (χ2n) is 4.64. The SMILES string of the molecule is Cc1nc(C)c(-c2cc(C(=O)O)c3c(Cl)cccc3n2)s1. The van der Waals surface area contributed by atoms with Gasteiger partial charge < -0.3 is 5.11 Å². The summed E-state index contributed by atoms with van der Waals surface area (Å²) in [6, 6.07) is 6.76. The second-order valence-corrected chi connectivity index (χ2v) is 6.25. The number of fused-ring (bicyclic) bond motifs is 1.